The Balaban J connectivity index is 2.42. The van der Waals surface area contributed by atoms with Gasteiger partial charge in [0.1, 0.15) is 0 Å². The van der Waals surface area contributed by atoms with Crippen molar-refractivity contribution in [1.82, 2.24) is 0 Å². The highest BCUT2D eigenvalue weighted by atomic mass is 16.7. The first-order valence-electron chi connectivity index (χ1n) is 4.33. The highest BCUT2D eigenvalue weighted by molar-refractivity contribution is 4.73. The van der Waals surface area contributed by atoms with Crippen molar-refractivity contribution >= 4 is 0 Å². The SMILES string of the molecule is CC(C)C[C@]1(C)OC[C@H](C)O1. The molecule has 0 bridgehead atoms. The van der Waals surface area contributed by atoms with E-state index in [0.29, 0.717) is 5.92 Å². The van der Waals surface area contributed by atoms with Crippen LogP contribution in [0.25, 0.3) is 0 Å². The summed E-state index contributed by atoms with van der Waals surface area (Å²) in [5.74, 6) is 0.318. The Hall–Kier alpha value is -0.0800. The summed E-state index contributed by atoms with van der Waals surface area (Å²) in [5, 5.41) is 0. The van der Waals surface area contributed by atoms with E-state index in [1.54, 1.807) is 0 Å². The summed E-state index contributed by atoms with van der Waals surface area (Å²) >= 11 is 0. The van der Waals surface area contributed by atoms with Crippen molar-refractivity contribution in [3.05, 3.63) is 0 Å². The molecule has 1 aliphatic rings. The molecule has 0 aliphatic carbocycles. The van der Waals surface area contributed by atoms with E-state index in [9.17, 15) is 0 Å². The van der Waals surface area contributed by atoms with Crippen molar-refractivity contribution in [2.45, 2.75) is 46.0 Å². The van der Waals surface area contributed by atoms with Crippen molar-refractivity contribution in [2.75, 3.05) is 6.61 Å². The van der Waals surface area contributed by atoms with E-state index >= 15 is 0 Å². The van der Waals surface area contributed by atoms with E-state index in [1.165, 1.54) is 0 Å². The average molecular weight is 158 g/mol. The fourth-order valence-electron chi connectivity index (χ4n) is 1.64. The maximum atomic E-state index is 5.64. The van der Waals surface area contributed by atoms with Gasteiger partial charge in [0.25, 0.3) is 0 Å². The van der Waals surface area contributed by atoms with Crippen molar-refractivity contribution in [1.29, 1.82) is 0 Å². The monoisotopic (exact) mass is 158 g/mol. The first-order chi connectivity index (χ1) is 5.02. The van der Waals surface area contributed by atoms with Gasteiger partial charge in [0.15, 0.2) is 5.79 Å². The highest BCUT2D eigenvalue weighted by Crippen LogP contribution is 2.29. The number of rotatable bonds is 2. The van der Waals surface area contributed by atoms with Gasteiger partial charge in [-0.05, 0) is 19.8 Å². The molecule has 0 N–H and O–H groups in total. The predicted molar refractivity (Wildman–Crippen MR) is 44.4 cm³/mol. The molecule has 2 nitrogen and oxygen atoms in total. The lowest BCUT2D eigenvalue weighted by molar-refractivity contribution is -0.162. The Kier molecular flexibility index (Phi) is 2.55. The smallest absolute Gasteiger partial charge is 0.166 e. The summed E-state index contributed by atoms with van der Waals surface area (Å²) < 4.78 is 11.2. The third-order valence-corrected chi connectivity index (χ3v) is 1.85. The van der Waals surface area contributed by atoms with Crippen LogP contribution in [-0.4, -0.2) is 18.5 Å². The Morgan fingerprint density at radius 3 is 2.55 bits per heavy atom. The fraction of sp³-hybridized carbons (Fsp3) is 1.00. The molecule has 0 saturated carbocycles. The lowest BCUT2D eigenvalue weighted by Crippen LogP contribution is -2.28. The van der Waals surface area contributed by atoms with Crippen LogP contribution in [0.3, 0.4) is 0 Å². The third kappa shape index (κ3) is 2.46. The van der Waals surface area contributed by atoms with Gasteiger partial charge in [-0.1, -0.05) is 13.8 Å². The fourth-order valence-corrected chi connectivity index (χ4v) is 1.64. The van der Waals surface area contributed by atoms with Crippen LogP contribution in [0.2, 0.25) is 0 Å². The molecule has 66 valence electrons. The summed E-state index contributed by atoms with van der Waals surface area (Å²) in [6, 6.07) is 0. The average Bonchev–Trinajstić information content (AvgIpc) is 2.08. The van der Waals surface area contributed by atoms with E-state index in [-0.39, 0.29) is 11.9 Å². The Bertz CT molecular complexity index is 134. The van der Waals surface area contributed by atoms with Crippen LogP contribution in [0.15, 0.2) is 0 Å². The summed E-state index contributed by atoms with van der Waals surface area (Å²) in [4.78, 5) is 0. The van der Waals surface area contributed by atoms with Crippen LogP contribution in [0.1, 0.15) is 34.1 Å². The molecule has 0 spiro atoms. The van der Waals surface area contributed by atoms with E-state index in [4.69, 9.17) is 9.47 Å². The quantitative estimate of drug-likeness (QED) is 0.613. The number of hydrogen-bond acceptors (Lipinski definition) is 2. The van der Waals surface area contributed by atoms with Crippen molar-refractivity contribution in [3.8, 4) is 0 Å². The second-order valence-corrected chi connectivity index (χ2v) is 3.97. The molecule has 0 unspecified atom stereocenters. The highest BCUT2D eigenvalue weighted by Gasteiger charge is 2.35. The molecule has 0 aromatic heterocycles. The largest absolute Gasteiger partial charge is 0.348 e. The molecule has 1 heterocycles. The standard InChI is InChI=1S/C9H18O2/c1-7(2)5-9(4)10-6-8(3)11-9/h7-8H,5-6H2,1-4H3/t8-,9+/m0/s1. The van der Waals surface area contributed by atoms with E-state index in [2.05, 4.69) is 13.8 Å². The van der Waals surface area contributed by atoms with Crippen LogP contribution < -0.4 is 0 Å². The zero-order valence-electron chi connectivity index (χ0n) is 7.89. The number of hydrogen-bond donors (Lipinski definition) is 0. The Morgan fingerprint density at radius 2 is 2.18 bits per heavy atom. The van der Waals surface area contributed by atoms with Crippen LogP contribution in [0.4, 0.5) is 0 Å². The zero-order chi connectivity index (χ0) is 8.48. The van der Waals surface area contributed by atoms with Crippen LogP contribution >= 0.6 is 0 Å². The van der Waals surface area contributed by atoms with E-state index < -0.39 is 0 Å². The van der Waals surface area contributed by atoms with E-state index in [0.717, 1.165) is 13.0 Å². The van der Waals surface area contributed by atoms with Crippen molar-refractivity contribution < 1.29 is 9.47 Å². The van der Waals surface area contributed by atoms with Gasteiger partial charge in [-0.25, -0.2) is 0 Å². The second-order valence-electron chi connectivity index (χ2n) is 3.97. The van der Waals surface area contributed by atoms with Gasteiger partial charge in [-0.2, -0.15) is 0 Å². The second kappa shape index (κ2) is 3.11. The Morgan fingerprint density at radius 1 is 1.55 bits per heavy atom. The first-order valence-corrected chi connectivity index (χ1v) is 4.33. The van der Waals surface area contributed by atoms with Gasteiger partial charge in [0, 0.05) is 6.42 Å². The van der Waals surface area contributed by atoms with Crippen LogP contribution in [-0.2, 0) is 9.47 Å². The molecule has 0 aromatic rings. The maximum absolute atomic E-state index is 5.64. The van der Waals surface area contributed by atoms with Crippen molar-refractivity contribution in [2.24, 2.45) is 5.92 Å². The first kappa shape index (κ1) is 9.01. The predicted octanol–water partition coefficient (Wildman–Crippen LogP) is 2.18. The lowest BCUT2D eigenvalue weighted by Gasteiger charge is -2.24. The van der Waals surface area contributed by atoms with Gasteiger partial charge in [0.2, 0.25) is 0 Å². The van der Waals surface area contributed by atoms with Crippen molar-refractivity contribution in [3.63, 3.8) is 0 Å². The maximum Gasteiger partial charge on any atom is 0.166 e. The van der Waals surface area contributed by atoms with Crippen LogP contribution in [0.5, 0.6) is 0 Å². The molecule has 1 fully saturated rings. The molecule has 1 rings (SSSR count). The molecular weight excluding hydrogens is 140 g/mol. The van der Waals surface area contributed by atoms with Gasteiger partial charge < -0.3 is 9.47 Å². The molecule has 0 radical (unpaired) electrons. The molecule has 11 heavy (non-hydrogen) atoms. The normalized spacial score (nSPS) is 38.5. The molecular formula is C9H18O2. The summed E-state index contributed by atoms with van der Waals surface area (Å²) in [6.07, 6.45) is 1.25. The zero-order valence-corrected chi connectivity index (χ0v) is 7.89. The van der Waals surface area contributed by atoms with Gasteiger partial charge >= 0.3 is 0 Å². The molecule has 2 atom stereocenters. The minimum Gasteiger partial charge on any atom is -0.348 e. The van der Waals surface area contributed by atoms with Crippen LogP contribution in [0, 0.1) is 5.92 Å². The van der Waals surface area contributed by atoms with Gasteiger partial charge in [-0.3, -0.25) is 0 Å². The minimum atomic E-state index is -0.312. The molecule has 1 aliphatic heterocycles. The topological polar surface area (TPSA) is 18.5 Å². The third-order valence-electron chi connectivity index (χ3n) is 1.85. The van der Waals surface area contributed by atoms with Gasteiger partial charge in [-0.15, -0.1) is 0 Å². The summed E-state index contributed by atoms with van der Waals surface area (Å²) in [5.41, 5.74) is 0. The number of ether oxygens (including phenoxy) is 2. The molecule has 1 saturated heterocycles. The van der Waals surface area contributed by atoms with E-state index in [1.807, 2.05) is 13.8 Å². The summed E-state index contributed by atoms with van der Waals surface area (Å²) in [6.45, 7) is 9.17. The molecule has 0 aromatic carbocycles. The minimum absolute atomic E-state index is 0.263. The molecule has 2 heteroatoms. The van der Waals surface area contributed by atoms with Gasteiger partial charge in [0.05, 0.1) is 12.7 Å². The Labute approximate surface area is 68.9 Å². The molecule has 0 amide bonds. The summed E-state index contributed by atoms with van der Waals surface area (Å²) in [7, 11) is 0. The lowest BCUT2D eigenvalue weighted by atomic mass is 10.0.